The van der Waals surface area contributed by atoms with Gasteiger partial charge in [0.05, 0.1) is 0 Å². The van der Waals surface area contributed by atoms with Crippen LogP contribution in [0.4, 0.5) is 5.82 Å². The molecule has 1 fully saturated rings. The van der Waals surface area contributed by atoms with Crippen LogP contribution < -0.4 is 5.32 Å². The highest BCUT2D eigenvalue weighted by Crippen LogP contribution is 2.21. The van der Waals surface area contributed by atoms with Gasteiger partial charge in [0.1, 0.15) is 10.7 Å². The number of rotatable bonds is 5. The molecule has 1 aromatic rings. The second-order valence-electron chi connectivity index (χ2n) is 5.75. The molecule has 1 aliphatic heterocycles. The molecule has 2 heterocycles. The lowest BCUT2D eigenvalue weighted by atomic mass is 10.1. The second kappa shape index (κ2) is 6.10. The van der Waals surface area contributed by atoms with Gasteiger partial charge in [0, 0.05) is 31.6 Å². The van der Waals surface area contributed by atoms with Gasteiger partial charge < -0.3 is 10.2 Å². The SMILES string of the molecule is CC(C)N1CCC(CNc2ncccc2S(C)(=O)=O)C1. The van der Waals surface area contributed by atoms with Gasteiger partial charge in [-0.2, -0.15) is 0 Å². The molecule has 1 N–H and O–H groups in total. The fraction of sp³-hybridized carbons (Fsp3) is 0.643. The summed E-state index contributed by atoms with van der Waals surface area (Å²) in [6.07, 6.45) is 3.98. The Labute approximate surface area is 121 Å². The largest absolute Gasteiger partial charge is 0.369 e. The van der Waals surface area contributed by atoms with E-state index in [1.165, 1.54) is 6.26 Å². The van der Waals surface area contributed by atoms with Crippen LogP contribution in [0.15, 0.2) is 23.2 Å². The molecule has 1 saturated heterocycles. The number of hydrogen-bond donors (Lipinski definition) is 1. The first kappa shape index (κ1) is 15.3. The molecule has 6 heteroatoms. The number of likely N-dealkylation sites (tertiary alicyclic amines) is 1. The number of pyridine rings is 1. The summed E-state index contributed by atoms with van der Waals surface area (Å²) in [7, 11) is -3.24. The van der Waals surface area contributed by atoms with Crippen molar-refractivity contribution in [3.63, 3.8) is 0 Å². The lowest BCUT2D eigenvalue weighted by Crippen LogP contribution is -2.29. The van der Waals surface area contributed by atoms with E-state index in [9.17, 15) is 8.42 Å². The Morgan fingerprint density at radius 3 is 2.85 bits per heavy atom. The summed E-state index contributed by atoms with van der Waals surface area (Å²) in [5.41, 5.74) is 0. The van der Waals surface area contributed by atoms with Crippen molar-refractivity contribution in [2.24, 2.45) is 5.92 Å². The quantitative estimate of drug-likeness (QED) is 0.895. The van der Waals surface area contributed by atoms with Gasteiger partial charge in [-0.05, 0) is 44.9 Å². The van der Waals surface area contributed by atoms with Crippen molar-refractivity contribution in [2.45, 2.75) is 31.2 Å². The van der Waals surface area contributed by atoms with Gasteiger partial charge in [0.15, 0.2) is 9.84 Å². The predicted octanol–water partition coefficient (Wildman–Crippen LogP) is 1.63. The van der Waals surface area contributed by atoms with E-state index in [0.29, 0.717) is 17.8 Å². The average molecular weight is 297 g/mol. The summed E-state index contributed by atoms with van der Waals surface area (Å²) in [5, 5.41) is 3.20. The highest BCUT2D eigenvalue weighted by Gasteiger charge is 2.24. The Balaban J connectivity index is 1.99. The highest BCUT2D eigenvalue weighted by atomic mass is 32.2. The van der Waals surface area contributed by atoms with Crippen LogP contribution in [0, 0.1) is 5.92 Å². The normalized spacial score (nSPS) is 20.5. The van der Waals surface area contributed by atoms with Crippen LogP contribution in [-0.4, -0.2) is 50.2 Å². The molecule has 0 radical (unpaired) electrons. The molecule has 0 amide bonds. The van der Waals surface area contributed by atoms with Gasteiger partial charge in [0.25, 0.3) is 0 Å². The third-order valence-electron chi connectivity index (χ3n) is 3.78. The van der Waals surface area contributed by atoms with Gasteiger partial charge in [-0.15, -0.1) is 0 Å². The van der Waals surface area contributed by atoms with Crippen molar-refractivity contribution >= 4 is 15.7 Å². The van der Waals surface area contributed by atoms with Crippen molar-refractivity contribution in [3.05, 3.63) is 18.3 Å². The number of sulfone groups is 1. The fourth-order valence-corrected chi connectivity index (χ4v) is 3.36. The van der Waals surface area contributed by atoms with Crippen molar-refractivity contribution in [3.8, 4) is 0 Å². The van der Waals surface area contributed by atoms with E-state index in [4.69, 9.17) is 0 Å². The first-order valence-corrected chi connectivity index (χ1v) is 8.90. The molecule has 1 aliphatic rings. The van der Waals surface area contributed by atoms with Crippen LogP contribution in [0.5, 0.6) is 0 Å². The zero-order valence-corrected chi connectivity index (χ0v) is 13.2. The third kappa shape index (κ3) is 3.70. The summed E-state index contributed by atoms with van der Waals surface area (Å²) in [4.78, 5) is 6.88. The van der Waals surface area contributed by atoms with Crippen LogP contribution >= 0.6 is 0 Å². The summed E-state index contributed by atoms with van der Waals surface area (Å²) < 4.78 is 23.4. The molecule has 0 aliphatic carbocycles. The molecule has 0 bridgehead atoms. The van der Waals surface area contributed by atoms with Crippen molar-refractivity contribution in [1.82, 2.24) is 9.88 Å². The van der Waals surface area contributed by atoms with E-state index in [0.717, 1.165) is 26.1 Å². The van der Waals surface area contributed by atoms with Crippen LogP contribution in [0.3, 0.4) is 0 Å². The molecule has 0 saturated carbocycles. The van der Waals surface area contributed by atoms with E-state index in [2.05, 4.69) is 29.0 Å². The minimum absolute atomic E-state index is 0.277. The monoisotopic (exact) mass is 297 g/mol. The van der Waals surface area contributed by atoms with E-state index in [1.54, 1.807) is 18.3 Å². The maximum Gasteiger partial charge on any atom is 0.179 e. The van der Waals surface area contributed by atoms with Crippen LogP contribution in [0.2, 0.25) is 0 Å². The van der Waals surface area contributed by atoms with Crippen LogP contribution in [0.1, 0.15) is 20.3 Å². The van der Waals surface area contributed by atoms with Crippen LogP contribution in [0.25, 0.3) is 0 Å². The highest BCUT2D eigenvalue weighted by molar-refractivity contribution is 7.90. The predicted molar refractivity (Wildman–Crippen MR) is 80.7 cm³/mol. The minimum Gasteiger partial charge on any atom is -0.369 e. The summed E-state index contributed by atoms with van der Waals surface area (Å²) in [6.45, 7) is 7.35. The zero-order chi connectivity index (χ0) is 14.8. The number of aromatic nitrogens is 1. The van der Waals surface area contributed by atoms with Crippen molar-refractivity contribution in [1.29, 1.82) is 0 Å². The van der Waals surface area contributed by atoms with Gasteiger partial charge in [0.2, 0.25) is 0 Å². The minimum atomic E-state index is -3.24. The molecule has 0 spiro atoms. The molecule has 1 atom stereocenters. The molecule has 0 aromatic carbocycles. The number of nitrogens with zero attached hydrogens (tertiary/aromatic N) is 2. The van der Waals surface area contributed by atoms with Crippen LogP contribution in [-0.2, 0) is 9.84 Å². The Bertz CT molecular complexity index is 557. The van der Waals surface area contributed by atoms with Gasteiger partial charge in [-0.1, -0.05) is 0 Å². The maximum absolute atomic E-state index is 11.7. The molecule has 5 nitrogen and oxygen atoms in total. The van der Waals surface area contributed by atoms with Gasteiger partial charge in [-0.25, -0.2) is 13.4 Å². The standard InChI is InChI=1S/C14H23N3O2S/c1-11(2)17-8-6-12(10-17)9-16-14-13(20(3,18)19)5-4-7-15-14/h4-5,7,11-12H,6,8-10H2,1-3H3,(H,15,16). The zero-order valence-electron chi connectivity index (χ0n) is 12.3. The Hall–Kier alpha value is -1.14. The van der Waals surface area contributed by atoms with Gasteiger partial charge >= 0.3 is 0 Å². The fourth-order valence-electron chi connectivity index (χ4n) is 2.56. The average Bonchev–Trinajstić information content (AvgIpc) is 2.84. The number of anilines is 1. The smallest absolute Gasteiger partial charge is 0.179 e. The van der Waals surface area contributed by atoms with E-state index in [1.807, 2.05) is 0 Å². The number of nitrogens with one attached hydrogen (secondary N) is 1. The molecule has 112 valence electrons. The van der Waals surface area contributed by atoms with Crippen molar-refractivity contribution in [2.75, 3.05) is 31.2 Å². The Kier molecular flexibility index (Phi) is 4.65. The Morgan fingerprint density at radius 2 is 2.25 bits per heavy atom. The molecule has 1 aromatic heterocycles. The number of hydrogen-bond acceptors (Lipinski definition) is 5. The summed E-state index contributed by atoms with van der Waals surface area (Å²) in [6, 6.07) is 3.82. The molecular formula is C14H23N3O2S. The first-order chi connectivity index (χ1) is 9.38. The first-order valence-electron chi connectivity index (χ1n) is 7.01. The van der Waals surface area contributed by atoms with E-state index < -0.39 is 9.84 Å². The molecular weight excluding hydrogens is 274 g/mol. The molecule has 20 heavy (non-hydrogen) atoms. The summed E-state index contributed by atoms with van der Waals surface area (Å²) in [5.74, 6) is 1.02. The lowest BCUT2D eigenvalue weighted by Gasteiger charge is -2.20. The van der Waals surface area contributed by atoms with Crippen molar-refractivity contribution < 1.29 is 8.42 Å². The second-order valence-corrected chi connectivity index (χ2v) is 7.73. The lowest BCUT2D eigenvalue weighted by molar-refractivity contribution is 0.266. The topological polar surface area (TPSA) is 62.3 Å². The third-order valence-corrected chi connectivity index (χ3v) is 4.90. The summed E-state index contributed by atoms with van der Waals surface area (Å²) >= 11 is 0. The Morgan fingerprint density at radius 1 is 1.50 bits per heavy atom. The van der Waals surface area contributed by atoms with E-state index in [-0.39, 0.29) is 4.90 Å². The molecule has 2 rings (SSSR count). The maximum atomic E-state index is 11.7. The molecule has 1 unspecified atom stereocenters. The van der Waals surface area contributed by atoms with Gasteiger partial charge in [-0.3, -0.25) is 0 Å². The van der Waals surface area contributed by atoms with E-state index >= 15 is 0 Å².